The molecular weight excluding hydrogens is 434 g/mol. The fourth-order valence-electron chi connectivity index (χ4n) is 4.31. The third-order valence-corrected chi connectivity index (χ3v) is 6.12. The van der Waals surface area contributed by atoms with Crippen LogP contribution >= 0.6 is 0 Å². The molecule has 3 amide bonds. The van der Waals surface area contributed by atoms with Gasteiger partial charge in [-0.15, -0.1) is 0 Å². The van der Waals surface area contributed by atoms with Crippen LogP contribution in [0.3, 0.4) is 0 Å². The van der Waals surface area contributed by atoms with Crippen molar-refractivity contribution in [1.29, 1.82) is 0 Å². The topological polar surface area (TPSA) is 95.2 Å². The lowest BCUT2D eigenvalue weighted by Crippen LogP contribution is -2.41. The van der Waals surface area contributed by atoms with Gasteiger partial charge in [-0.3, -0.25) is 9.69 Å². The first-order valence-corrected chi connectivity index (χ1v) is 11.8. The Bertz CT molecular complexity index is 987. The number of para-hydroxylation sites is 2. The number of anilines is 3. The molecule has 0 unspecified atom stereocenters. The van der Waals surface area contributed by atoms with Gasteiger partial charge in [0, 0.05) is 50.6 Å². The monoisotopic (exact) mass is 467 g/mol. The van der Waals surface area contributed by atoms with Crippen molar-refractivity contribution in [2.24, 2.45) is 0 Å². The van der Waals surface area contributed by atoms with Gasteiger partial charge in [-0.2, -0.15) is 0 Å². The van der Waals surface area contributed by atoms with Gasteiger partial charge < -0.3 is 30.3 Å². The van der Waals surface area contributed by atoms with Crippen LogP contribution in [0, 0.1) is 0 Å². The van der Waals surface area contributed by atoms with Crippen LogP contribution in [-0.4, -0.2) is 76.4 Å². The minimum absolute atomic E-state index is 0.135. The molecule has 9 heteroatoms. The molecule has 0 aromatic heterocycles. The number of morpholine rings is 1. The molecule has 2 aromatic rings. The fraction of sp³-hybridized carbons (Fsp3) is 0.440. The smallest absolute Gasteiger partial charge is 0.323 e. The van der Waals surface area contributed by atoms with Gasteiger partial charge in [-0.1, -0.05) is 12.1 Å². The second-order valence-corrected chi connectivity index (χ2v) is 8.42. The first kappa shape index (κ1) is 23.8. The van der Waals surface area contributed by atoms with E-state index in [-0.39, 0.29) is 5.91 Å². The highest BCUT2D eigenvalue weighted by Gasteiger charge is 2.21. The van der Waals surface area contributed by atoms with E-state index in [2.05, 4.69) is 25.8 Å². The van der Waals surface area contributed by atoms with Crippen molar-refractivity contribution in [3.05, 3.63) is 48.0 Å². The van der Waals surface area contributed by atoms with Gasteiger partial charge in [0.25, 0.3) is 5.91 Å². The zero-order valence-corrected chi connectivity index (χ0v) is 19.6. The fourth-order valence-corrected chi connectivity index (χ4v) is 4.31. The molecule has 9 nitrogen and oxygen atoms in total. The number of urea groups is 1. The van der Waals surface area contributed by atoms with E-state index in [1.807, 2.05) is 24.3 Å². The van der Waals surface area contributed by atoms with E-state index in [1.54, 1.807) is 25.3 Å². The molecule has 0 aliphatic carbocycles. The highest BCUT2D eigenvalue weighted by atomic mass is 16.5. The number of ether oxygens (including phenoxy) is 2. The maximum Gasteiger partial charge on any atom is 0.323 e. The molecule has 0 spiro atoms. The normalized spacial score (nSPS) is 16.2. The van der Waals surface area contributed by atoms with Crippen molar-refractivity contribution >= 4 is 29.0 Å². The highest BCUT2D eigenvalue weighted by Crippen LogP contribution is 2.28. The van der Waals surface area contributed by atoms with E-state index in [0.29, 0.717) is 29.2 Å². The van der Waals surface area contributed by atoms with Crippen molar-refractivity contribution in [3.63, 3.8) is 0 Å². The van der Waals surface area contributed by atoms with Gasteiger partial charge >= 0.3 is 6.03 Å². The second-order valence-electron chi connectivity index (χ2n) is 8.42. The zero-order chi connectivity index (χ0) is 23.8. The number of carbonyl (C=O) groups is 2. The molecule has 2 heterocycles. The third kappa shape index (κ3) is 6.18. The van der Waals surface area contributed by atoms with E-state index in [0.717, 1.165) is 64.5 Å². The Labute approximate surface area is 200 Å². The molecule has 3 N–H and O–H groups in total. The summed E-state index contributed by atoms with van der Waals surface area (Å²) >= 11 is 0. The Kier molecular flexibility index (Phi) is 8.21. The van der Waals surface area contributed by atoms with Crippen molar-refractivity contribution in [2.45, 2.75) is 12.8 Å². The minimum atomic E-state index is -0.405. The number of nitrogens with one attached hydrogen (secondary N) is 3. The molecule has 2 aliphatic rings. The van der Waals surface area contributed by atoms with E-state index < -0.39 is 6.03 Å². The lowest BCUT2D eigenvalue weighted by Gasteiger charge is -2.26. The van der Waals surface area contributed by atoms with Gasteiger partial charge in [-0.05, 0) is 43.2 Å². The number of benzene rings is 2. The molecular formula is C25H33N5O4. The summed E-state index contributed by atoms with van der Waals surface area (Å²) in [6.07, 6.45) is 2.22. The van der Waals surface area contributed by atoms with Crippen molar-refractivity contribution in [2.75, 3.05) is 75.1 Å². The average Bonchev–Trinajstić information content (AvgIpc) is 3.40. The van der Waals surface area contributed by atoms with Gasteiger partial charge in [0.1, 0.15) is 5.75 Å². The lowest BCUT2D eigenvalue weighted by molar-refractivity contribution is 0.0383. The van der Waals surface area contributed by atoms with Crippen LogP contribution in [0.15, 0.2) is 42.5 Å². The molecule has 0 radical (unpaired) electrons. The Hall–Kier alpha value is -3.30. The molecule has 2 fully saturated rings. The Morgan fingerprint density at radius 3 is 2.53 bits per heavy atom. The zero-order valence-electron chi connectivity index (χ0n) is 19.6. The molecule has 4 rings (SSSR count). The standard InChI is InChI=1S/C25H33N5O4/c1-33-23-7-3-2-6-21(23)28-25(32)27-19-8-9-22(30-11-4-5-12-30)20(18-19)24(31)26-10-13-29-14-16-34-17-15-29/h2-3,6-9,18H,4-5,10-17H2,1H3,(H,26,31)(H2,27,28,32). The lowest BCUT2D eigenvalue weighted by atomic mass is 10.1. The van der Waals surface area contributed by atoms with E-state index in [9.17, 15) is 9.59 Å². The van der Waals surface area contributed by atoms with Gasteiger partial charge in [0.15, 0.2) is 0 Å². The molecule has 34 heavy (non-hydrogen) atoms. The van der Waals surface area contributed by atoms with Crippen LogP contribution < -0.4 is 25.6 Å². The van der Waals surface area contributed by atoms with Crippen LogP contribution in [0.5, 0.6) is 5.75 Å². The Balaban J connectivity index is 1.44. The molecule has 0 saturated carbocycles. The molecule has 0 bridgehead atoms. The number of methoxy groups -OCH3 is 1. The summed E-state index contributed by atoms with van der Waals surface area (Å²) in [6, 6.07) is 12.3. The number of rotatable bonds is 8. The number of hydrogen-bond acceptors (Lipinski definition) is 6. The number of nitrogens with zero attached hydrogens (tertiary/aromatic N) is 2. The van der Waals surface area contributed by atoms with E-state index in [1.165, 1.54) is 0 Å². The summed E-state index contributed by atoms with van der Waals surface area (Å²) in [4.78, 5) is 30.3. The molecule has 2 aromatic carbocycles. The summed E-state index contributed by atoms with van der Waals surface area (Å²) in [6.45, 7) is 6.43. The highest BCUT2D eigenvalue weighted by molar-refractivity contribution is 6.04. The van der Waals surface area contributed by atoms with Crippen LogP contribution in [0.1, 0.15) is 23.2 Å². The van der Waals surface area contributed by atoms with Crippen LogP contribution in [0.4, 0.5) is 21.9 Å². The van der Waals surface area contributed by atoms with Gasteiger partial charge in [0.05, 0.1) is 31.6 Å². The summed E-state index contributed by atoms with van der Waals surface area (Å²) in [5.74, 6) is 0.436. The second kappa shape index (κ2) is 11.7. The number of carbonyl (C=O) groups excluding carboxylic acids is 2. The summed E-state index contributed by atoms with van der Waals surface area (Å²) in [5.41, 5.74) is 2.59. The first-order valence-electron chi connectivity index (χ1n) is 11.8. The predicted octanol–water partition coefficient (Wildman–Crippen LogP) is 3.00. The van der Waals surface area contributed by atoms with E-state index in [4.69, 9.17) is 9.47 Å². The van der Waals surface area contributed by atoms with Crippen molar-refractivity contribution in [1.82, 2.24) is 10.2 Å². The first-order chi connectivity index (χ1) is 16.6. The maximum atomic E-state index is 13.2. The van der Waals surface area contributed by atoms with Crippen molar-refractivity contribution < 1.29 is 19.1 Å². The maximum absolute atomic E-state index is 13.2. The molecule has 2 saturated heterocycles. The summed E-state index contributed by atoms with van der Waals surface area (Å²) in [7, 11) is 1.56. The number of amides is 3. The minimum Gasteiger partial charge on any atom is -0.495 e. The van der Waals surface area contributed by atoms with Crippen LogP contribution in [0.25, 0.3) is 0 Å². The average molecular weight is 468 g/mol. The SMILES string of the molecule is COc1ccccc1NC(=O)Nc1ccc(N2CCCC2)c(C(=O)NCCN2CCOCC2)c1. The Morgan fingerprint density at radius 2 is 1.76 bits per heavy atom. The third-order valence-electron chi connectivity index (χ3n) is 6.12. The molecule has 182 valence electrons. The van der Waals surface area contributed by atoms with Crippen molar-refractivity contribution in [3.8, 4) is 5.75 Å². The van der Waals surface area contributed by atoms with Crippen LogP contribution in [-0.2, 0) is 4.74 Å². The summed E-state index contributed by atoms with van der Waals surface area (Å²) < 4.78 is 10.7. The quantitative estimate of drug-likeness (QED) is 0.553. The summed E-state index contributed by atoms with van der Waals surface area (Å²) in [5, 5.41) is 8.69. The molecule has 2 aliphatic heterocycles. The predicted molar refractivity (Wildman–Crippen MR) is 133 cm³/mol. The largest absolute Gasteiger partial charge is 0.495 e. The van der Waals surface area contributed by atoms with Gasteiger partial charge in [-0.25, -0.2) is 4.79 Å². The number of hydrogen-bond donors (Lipinski definition) is 3. The molecule has 0 atom stereocenters. The van der Waals surface area contributed by atoms with E-state index >= 15 is 0 Å². The van der Waals surface area contributed by atoms with Gasteiger partial charge in [0.2, 0.25) is 0 Å². The van der Waals surface area contributed by atoms with Crippen LogP contribution in [0.2, 0.25) is 0 Å². The Morgan fingerprint density at radius 1 is 1.00 bits per heavy atom.